The zero-order valence-corrected chi connectivity index (χ0v) is 15.5. The lowest BCUT2D eigenvalue weighted by Gasteiger charge is -2.36. The van der Waals surface area contributed by atoms with Gasteiger partial charge in [-0.25, -0.2) is 0 Å². The molecule has 1 aliphatic rings. The van der Waals surface area contributed by atoms with Crippen LogP contribution in [0, 0.1) is 0 Å². The van der Waals surface area contributed by atoms with Crippen molar-refractivity contribution in [1.82, 2.24) is 20.9 Å². The van der Waals surface area contributed by atoms with Crippen LogP contribution in [0.5, 0.6) is 0 Å². The second kappa shape index (κ2) is 10.2. The summed E-state index contributed by atoms with van der Waals surface area (Å²) in [5, 5.41) is 8.80. The topological polar surface area (TPSA) is 90.5 Å². The third kappa shape index (κ3) is 6.53. The average molecular weight is 389 g/mol. The van der Waals surface area contributed by atoms with Crippen LogP contribution >= 0.6 is 24.0 Å². The Morgan fingerprint density at radius 1 is 1.28 bits per heavy atom. The number of hydrogen-bond acceptors (Lipinski definition) is 4. The maximum atomic E-state index is 12.5. The Bertz CT molecular complexity index is 627. The second-order valence-electron chi connectivity index (χ2n) is 5.55. The number of nitrogens with one attached hydrogen (secondary N) is 3. The van der Waals surface area contributed by atoms with Crippen molar-refractivity contribution in [2.45, 2.75) is 13.0 Å². The van der Waals surface area contributed by atoms with Crippen molar-refractivity contribution in [1.29, 1.82) is 0 Å². The fourth-order valence-corrected chi connectivity index (χ4v) is 2.76. The Hall–Kier alpha value is -1.83. The highest BCUT2D eigenvalue weighted by Gasteiger charge is 2.27. The fraction of sp³-hybridized carbons (Fsp3) is 0.438. The van der Waals surface area contributed by atoms with Crippen LogP contribution in [0.15, 0.2) is 24.3 Å². The van der Waals surface area contributed by atoms with Crippen molar-refractivity contribution in [2.24, 2.45) is 0 Å². The fourth-order valence-electron chi connectivity index (χ4n) is 2.56. The smallest absolute Gasteiger partial charge is 0.242 e. The Kier molecular flexibility index (Phi) is 8.68. The minimum absolute atomic E-state index is 0. The minimum Gasteiger partial charge on any atom is -0.347 e. The molecule has 1 unspecified atom stereocenters. The van der Waals surface area contributed by atoms with Gasteiger partial charge in [-0.2, -0.15) is 0 Å². The van der Waals surface area contributed by atoms with Crippen LogP contribution in [-0.4, -0.2) is 55.3 Å². The molecule has 3 amide bonds. The molecule has 3 N–H and O–H groups in total. The molecule has 0 bridgehead atoms. The summed E-state index contributed by atoms with van der Waals surface area (Å²) in [7, 11) is 0. The van der Waals surface area contributed by atoms with E-state index in [1.54, 1.807) is 11.0 Å². The van der Waals surface area contributed by atoms with E-state index in [1.165, 1.54) is 6.92 Å². The van der Waals surface area contributed by atoms with Crippen LogP contribution in [0.3, 0.4) is 0 Å². The van der Waals surface area contributed by atoms with E-state index in [9.17, 15) is 14.4 Å². The maximum absolute atomic E-state index is 12.5. The van der Waals surface area contributed by atoms with Gasteiger partial charge in [0.1, 0.15) is 0 Å². The molecular formula is C16H22Cl2N4O3. The van der Waals surface area contributed by atoms with Gasteiger partial charge in [0.25, 0.3) is 0 Å². The van der Waals surface area contributed by atoms with E-state index < -0.39 is 5.91 Å². The van der Waals surface area contributed by atoms with Crippen LogP contribution in [0.2, 0.25) is 5.02 Å². The zero-order valence-electron chi connectivity index (χ0n) is 13.9. The van der Waals surface area contributed by atoms with Gasteiger partial charge in [0.15, 0.2) is 0 Å². The number of piperazine rings is 1. The second-order valence-corrected chi connectivity index (χ2v) is 5.98. The number of halogens is 2. The van der Waals surface area contributed by atoms with Gasteiger partial charge in [-0.3, -0.25) is 14.4 Å². The number of rotatable bonds is 5. The van der Waals surface area contributed by atoms with Crippen molar-refractivity contribution in [3.8, 4) is 0 Å². The number of benzene rings is 1. The van der Waals surface area contributed by atoms with Crippen molar-refractivity contribution in [3.63, 3.8) is 0 Å². The Balaban J connectivity index is 0.00000312. The summed E-state index contributed by atoms with van der Waals surface area (Å²) < 4.78 is 0. The average Bonchev–Trinajstić information content (AvgIpc) is 2.57. The van der Waals surface area contributed by atoms with Crippen molar-refractivity contribution in [2.75, 3.05) is 32.7 Å². The number of carbonyl (C=O) groups is 3. The third-order valence-corrected chi connectivity index (χ3v) is 3.97. The Morgan fingerprint density at radius 2 is 2.04 bits per heavy atom. The standard InChI is InChI=1S/C16H21ClN4O3.ClH/c1-11(22)19-9-15(23)20-10-16(24)21-6-5-18-8-14(21)12-3-2-4-13(17)7-12;/h2-4,7,14,18H,5-6,8-10H2,1H3,(H,19,22)(H,20,23);1H. The van der Waals surface area contributed by atoms with Gasteiger partial charge >= 0.3 is 0 Å². The lowest BCUT2D eigenvalue weighted by Crippen LogP contribution is -2.51. The normalized spacial score (nSPS) is 16.6. The molecule has 1 saturated heterocycles. The quantitative estimate of drug-likeness (QED) is 0.684. The number of hydrogen-bond donors (Lipinski definition) is 3. The predicted octanol–water partition coefficient (Wildman–Crippen LogP) is 0.487. The van der Waals surface area contributed by atoms with Gasteiger partial charge in [-0.15, -0.1) is 12.4 Å². The third-order valence-electron chi connectivity index (χ3n) is 3.73. The first kappa shape index (κ1) is 21.2. The highest BCUT2D eigenvalue weighted by atomic mass is 35.5. The molecule has 1 aromatic carbocycles. The van der Waals surface area contributed by atoms with E-state index in [2.05, 4.69) is 16.0 Å². The highest BCUT2D eigenvalue weighted by molar-refractivity contribution is 6.30. The highest BCUT2D eigenvalue weighted by Crippen LogP contribution is 2.24. The van der Waals surface area contributed by atoms with Gasteiger partial charge in [-0.1, -0.05) is 23.7 Å². The summed E-state index contributed by atoms with van der Waals surface area (Å²) in [6.07, 6.45) is 0. The van der Waals surface area contributed by atoms with E-state index in [1.807, 2.05) is 18.2 Å². The molecule has 2 rings (SSSR count). The summed E-state index contributed by atoms with van der Waals surface area (Å²) in [6, 6.07) is 7.28. The first-order valence-corrected chi connectivity index (χ1v) is 8.12. The monoisotopic (exact) mass is 388 g/mol. The molecule has 1 aromatic rings. The van der Waals surface area contributed by atoms with E-state index in [0.717, 1.165) is 5.56 Å². The lowest BCUT2D eigenvalue weighted by molar-refractivity contribution is -0.135. The molecule has 1 fully saturated rings. The van der Waals surface area contributed by atoms with E-state index >= 15 is 0 Å². The van der Waals surface area contributed by atoms with Gasteiger partial charge in [0.2, 0.25) is 17.7 Å². The lowest BCUT2D eigenvalue weighted by atomic mass is 10.0. The molecule has 1 heterocycles. The molecule has 0 radical (unpaired) electrons. The van der Waals surface area contributed by atoms with Gasteiger partial charge < -0.3 is 20.9 Å². The van der Waals surface area contributed by atoms with E-state index in [-0.39, 0.29) is 43.4 Å². The number of nitrogens with zero attached hydrogens (tertiary/aromatic N) is 1. The van der Waals surface area contributed by atoms with Crippen LogP contribution in [0.4, 0.5) is 0 Å². The van der Waals surface area contributed by atoms with Crippen molar-refractivity contribution < 1.29 is 14.4 Å². The summed E-state index contributed by atoms with van der Waals surface area (Å²) >= 11 is 6.04. The molecule has 138 valence electrons. The molecule has 0 aliphatic carbocycles. The maximum Gasteiger partial charge on any atom is 0.242 e. The molecule has 7 nitrogen and oxygen atoms in total. The zero-order chi connectivity index (χ0) is 17.5. The molecule has 25 heavy (non-hydrogen) atoms. The van der Waals surface area contributed by atoms with E-state index in [0.29, 0.717) is 24.7 Å². The van der Waals surface area contributed by atoms with Crippen molar-refractivity contribution >= 4 is 41.7 Å². The molecule has 0 spiro atoms. The van der Waals surface area contributed by atoms with Gasteiger partial charge in [0, 0.05) is 31.6 Å². The number of amides is 3. The predicted molar refractivity (Wildman–Crippen MR) is 97.7 cm³/mol. The Morgan fingerprint density at radius 3 is 2.72 bits per heavy atom. The molecule has 1 atom stereocenters. The van der Waals surface area contributed by atoms with Crippen LogP contribution in [0.1, 0.15) is 18.5 Å². The summed E-state index contributed by atoms with van der Waals surface area (Å²) in [4.78, 5) is 36.6. The van der Waals surface area contributed by atoms with Crippen LogP contribution in [0.25, 0.3) is 0 Å². The first-order valence-electron chi connectivity index (χ1n) is 7.74. The molecular weight excluding hydrogens is 367 g/mol. The van der Waals surface area contributed by atoms with Crippen LogP contribution in [-0.2, 0) is 14.4 Å². The number of carbonyl (C=O) groups excluding carboxylic acids is 3. The summed E-state index contributed by atoms with van der Waals surface area (Å²) in [6.45, 7) is 2.97. The Labute approximate surface area is 157 Å². The molecule has 0 aromatic heterocycles. The minimum atomic E-state index is -0.395. The van der Waals surface area contributed by atoms with Gasteiger partial charge in [0.05, 0.1) is 19.1 Å². The largest absolute Gasteiger partial charge is 0.347 e. The SMILES string of the molecule is CC(=O)NCC(=O)NCC(=O)N1CCNCC1c1cccc(Cl)c1.Cl. The summed E-state index contributed by atoms with van der Waals surface area (Å²) in [5.74, 6) is -0.856. The van der Waals surface area contributed by atoms with Gasteiger partial charge in [-0.05, 0) is 17.7 Å². The molecule has 1 aliphatic heterocycles. The molecule has 0 saturated carbocycles. The first-order chi connectivity index (χ1) is 11.5. The van der Waals surface area contributed by atoms with E-state index in [4.69, 9.17) is 11.6 Å². The molecule has 9 heteroatoms. The van der Waals surface area contributed by atoms with Crippen molar-refractivity contribution in [3.05, 3.63) is 34.9 Å². The summed E-state index contributed by atoms with van der Waals surface area (Å²) in [5.41, 5.74) is 0.952. The van der Waals surface area contributed by atoms with Crippen LogP contribution < -0.4 is 16.0 Å².